The molecular weight excluding hydrogens is 380 g/mol. The monoisotopic (exact) mass is 398 g/mol. The number of hydrogen-bond acceptors (Lipinski definition) is 5. The number of methoxy groups -OCH3 is 1. The standard InChI is InChI=1S/C20H18N2O5S/c1-27-15-7-3-13(4-8-15)11-17-19(23)22-18(20(24)21-17)12-14-5-9-16(10-6-14)28(2,25)26/h3-12H,1-2H3,(H,21,24)(H,22,23)/b17-11-,18-12-. The van der Waals surface area contributed by atoms with Gasteiger partial charge in [0.2, 0.25) is 0 Å². The fourth-order valence-corrected chi connectivity index (χ4v) is 3.17. The first kappa shape index (κ1) is 19.4. The fourth-order valence-electron chi connectivity index (χ4n) is 2.54. The molecule has 8 heteroatoms. The third-order valence-corrected chi connectivity index (χ3v) is 5.16. The first-order chi connectivity index (χ1) is 13.3. The minimum absolute atomic E-state index is 0.0731. The van der Waals surface area contributed by atoms with Gasteiger partial charge in [-0.15, -0.1) is 0 Å². The second kappa shape index (κ2) is 7.69. The van der Waals surface area contributed by atoms with Gasteiger partial charge < -0.3 is 14.7 Å². The molecule has 0 radical (unpaired) electrons. The molecule has 3 rings (SSSR count). The molecule has 0 aliphatic rings. The Labute approximate surface area is 160 Å². The van der Waals surface area contributed by atoms with Gasteiger partial charge in [-0.3, -0.25) is 9.59 Å². The summed E-state index contributed by atoms with van der Waals surface area (Å²) in [7, 11) is -1.74. The highest BCUT2D eigenvalue weighted by Crippen LogP contribution is 2.11. The van der Waals surface area contributed by atoms with Crippen molar-refractivity contribution < 1.29 is 13.2 Å². The van der Waals surface area contributed by atoms with Crippen molar-refractivity contribution in [2.45, 2.75) is 4.90 Å². The van der Waals surface area contributed by atoms with E-state index < -0.39 is 21.0 Å². The summed E-state index contributed by atoms with van der Waals surface area (Å²) in [6, 6.07) is 13.0. The fraction of sp³-hybridized carbons (Fsp3) is 0.100. The summed E-state index contributed by atoms with van der Waals surface area (Å²) < 4.78 is 28.1. The highest BCUT2D eigenvalue weighted by Gasteiger charge is 2.05. The van der Waals surface area contributed by atoms with Gasteiger partial charge in [-0.05, 0) is 47.5 Å². The van der Waals surface area contributed by atoms with Gasteiger partial charge in [-0.2, -0.15) is 0 Å². The van der Waals surface area contributed by atoms with E-state index in [1.807, 2.05) is 0 Å². The van der Waals surface area contributed by atoms with E-state index >= 15 is 0 Å². The van der Waals surface area contributed by atoms with Gasteiger partial charge in [0.1, 0.15) is 16.4 Å². The first-order valence-electron chi connectivity index (χ1n) is 8.26. The van der Waals surface area contributed by atoms with Crippen molar-refractivity contribution in [2.24, 2.45) is 0 Å². The lowest BCUT2D eigenvalue weighted by Gasteiger charge is -1.99. The van der Waals surface area contributed by atoms with Crippen LogP contribution in [0.3, 0.4) is 0 Å². The maximum absolute atomic E-state index is 12.3. The molecule has 1 heterocycles. The van der Waals surface area contributed by atoms with Crippen LogP contribution < -0.4 is 26.6 Å². The molecule has 0 aliphatic carbocycles. The molecule has 0 fully saturated rings. The van der Waals surface area contributed by atoms with Crippen LogP contribution in [0, 0.1) is 0 Å². The van der Waals surface area contributed by atoms with Gasteiger partial charge in [-0.1, -0.05) is 24.3 Å². The molecule has 3 aromatic rings. The quantitative estimate of drug-likeness (QED) is 0.650. The molecular formula is C20H18N2O5S. The highest BCUT2D eigenvalue weighted by atomic mass is 32.2. The molecule has 144 valence electrons. The molecule has 0 spiro atoms. The van der Waals surface area contributed by atoms with Crippen molar-refractivity contribution in [3.05, 3.63) is 91.1 Å². The van der Waals surface area contributed by atoms with Crippen LogP contribution in [0.1, 0.15) is 11.1 Å². The highest BCUT2D eigenvalue weighted by molar-refractivity contribution is 7.90. The Morgan fingerprint density at radius 2 is 1.21 bits per heavy atom. The average Bonchev–Trinajstić information content (AvgIpc) is 2.66. The number of benzene rings is 2. The molecule has 2 aromatic carbocycles. The molecule has 0 amide bonds. The lowest BCUT2D eigenvalue weighted by atomic mass is 10.2. The van der Waals surface area contributed by atoms with E-state index in [4.69, 9.17) is 4.74 Å². The van der Waals surface area contributed by atoms with Crippen LogP contribution in [0.25, 0.3) is 12.2 Å². The Balaban J connectivity index is 2.02. The Bertz CT molecular complexity index is 1330. The zero-order chi connectivity index (χ0) is 20.3. The van der Waals surface area contributed by atoms with Crippen molar-refractivity contribution in [3.63, 3.8) is 0 Å². The number of sulfone groups is 1. The second-order valence-electron chi connectivity index (χ2n) is 6.14. The average molecular weight is 398 g/mol. The van der Waals surface area contributed by atoms with E-state index in [0.29, 0.717) is 11.3 Å². The molecule has 28 heavy (non-hydrogen) atoms. The van der Waals surface area contributed by atoms with Crippen LogP contribution >= 0.6 is 0 Å². The SMILES string of the molecule is COc1ccc(/C=c2\[nH]c(=O)/c(=C/c3ccc(S(C)(=O)=O)cc3)[nH]c2=O)cc1. The largest absolute Gasteiger partial charge is 0.497 e. The summed E-state index contributed by atoms with van der Waals surface area (Å²) in [6.07, 6.45) is 4.15. The zero-order valence-electron chi connectivity index (χ0n) is 15.2. The lowest BCUT2D eigenvalue weighted by molar-refractivity contribution is 0.415. The van der Waals surface area contributed by atoms with E-state index in [9.17, 15) is 18.0 Å². The van der Waals surface area contributed by atoms with Gasteiger partial charge in [0, 0.05) is 6.26 Å². The molecule has 0 atom stereocenters. The van der Waals surface area contributed by atoms with E-state index in [2.05, 4.69) is 9.97 Å². The summed E-state index contributed by atoms with van der Waals surface area (Å²) in [5.41, 5.74) is 0.399. The van der Waals surface area contributed by atoms with Gasteiger partial charge in [0.15, 0.2) is 9.84 Å². The first-order valence-corrected chi connectivity index (χ1v) is 10.2. The number of rotatable bonds is 4. The van der Waals surface area contributed by atoms with Crippen molar-refractivity contribution in [1.82, 2.24) is 9.97 Å². The van der Waals surface area contributed by atoms with Gasteiger partial charge in [0.25, 0.3) is 11.1 Å². The molecule has 0 saturated heterocycles. The topological polar surface area (TPSA) is 109 Å². The van der Waals surface area contributed by atoms with Crippen molar-refractivity contribution in [1.29, 1.82) is 0 Å². The molecule has 1 aromatic heterocycles. The van der Waals surface area contributed by atoms with Crippen molar-refractivity contribution in [3.8, 4) is 5.75 Å². The van der Waals surface area contributed by atoms with E-state index in [0.717, 1.165) is 11.8 Å². The molecule has 0 bridgehead atoms. The number of aromatic nitrogens is 2. The molecule has 2 N–H and O–H groups in total. The zero-order valence-corrected chi connectivity index (χ0v) is 16.0. The molecule has 7 nitrogen and oxygen atoms in total. The van der Waals surface area contributed by atoms with Gasteiger partial charge in [-0.25, -0.2) is 8.42 Å². The minimum Gasteiger partial charge on any atom is -0.497 e. The Hall–Kier alpha value is -3.39. The van der Waals surface area contributed by atoms with E-state index in [-0.39, 0.29) is 15.6 Å². The Morgan fingerprint density at radius 3 is 1.61 bits per heavy atom. The Kier molecular flexibility index (Phi) is 5.32. The predicted molar refractivity (Wildman–Crippen MR) is 107 cm³/mol. The molecule has 0 unspecified atom stereocenters. The summed E-state index contributed by atoms with van der Waals surface area (Å²) in [4.78, 5) is 29.9. The van der Waals surface area contributed by atoms with Gasteiger partial charge >= 0.3 is 0 Å². The molecule has 0 saturated carbocycles. The van der Waals surface area contributed by atoms with E-state index in [1.54, 1.807) is 49.6 Å². The van der Waals surface area contributed by atoms with Crippen LogP contribution in [0.4, 0.5) is 0 Å². The Morgan fingerprint density at radius 1 is 0.786 bits per heavy atom. The number of ether oxygens (including phenoxy) is 1. The maximum Gasteiger partial charge on any atom is 0.272 e. The lowest BCUT2D eigenvalue weighted by Crippen LogP contribution is -2.46. The third-order valence-electron chi connectivity index (χ3n) is 4.03. The number of H-pyrrole nitrogens is 2. The number of nitrogens with one attached hydrogen (secondary N) is 2. The van der Waals surface area contributed by atoms with Crippen molar-refractivity contribution >= 4 is 22.0 Å². The van der Waals surface area contributed by atoms with Crippen LogP contribution in [-0.4, -0.2) is 31.8 Å². The van der Waals surface area contributed by atoms with Crippen molar-refractivity contribution in [2.75, 3.05) is 13.4 Å². The summed E-state index contributed by atoms with van der Waals surface area (Å²) in [6.45, 7) is 0. The predicted octanol–water partition coefficient (Wildman–Crippen LogP) is 0.133. The van der Waals surface area contributed by atoms with Gasteiger partial charge in [0.05, 0.1) is 12.0 Å². The number of aromatic amines is 2. The van der Waals surface area contributed by atoms with Crippen LogP contribution in [0.5, 0.6) is 5.75 Å². The summed E-state index contributed by atoms with van der Waals surface area (Å²) in [5, 5.41) is 0.198. The third kappa shape index (κ3) is 4.47. The van der Waals surface area contributed by atoms with E-state index in [1.165, 1.54) is 18.2 Å². The second-order valence-corrected chi connectivity index (χ2v) is 8.15. The maximum atomic E-state index is 12.3. The van der Waals surface area contributed by atoms with Crippen LogP contribution in [0.15, 0.2) is 63.0 Å². The molecule has 0 aliphatic heterocycles. The number of hydrogen-bond donors (Lipinski definition) is 2. The minimum atomic E-state index is -3.30. The summed E-state index contributed by atoms with van der Waals surface area (Å²) >= 11 is 0. The smallest absolute Gasteiger partial charge is 0.272 e. The van der Waals surface area contributed by atoms with Crippen LogP contribution in [0.2, 0.25) is 0 Å². The van der Waals surface area contributed by atoms with Crippen LogP contribution in [-0.2, 0) is 9.84 Å². The summed E-state index contributed by atoms with van der Waals surface area (Å²) in [5.74, 6) is 0.686. The normalized spacial score (nSPS) is 12.9.